The van der Waals surface area contributed by atoms with Crippen LogP contribution in [0.2, 0.25) is 0 Å². The molecule has 1 fully saturated rings. The van der Waals surface area contributed by atoms with E-state index in [0.29, 0.717) is 0 Å². The Morgan fingerprint density at radius 3 is 2.37 bits per heavy atom. The minimum Gasteiger partial charge on any atom is -0.322 e. The van der Waals surface area contributed by atoms with Crippen LogP contribution in [0.15, 0.2) is 82.4 Å². The Balaban J connectivity index is 1.53. The van der Waals surface area contributed by atoms with Gasteiger partial charge in [-0.05, 0) is 64.0 Å². The Morgan fingerprint density at radius 1 is 0.963 bits per heavy atom. The van der Waals surface area contributed by atoms with Crippen LogP contribution in [0.4, 0.5) is 0 Å². The summed E-state index contributed by atoms with van der Waals surface area (Å²) in [5.41, 5.74) is 10.1. The quantitative estimate of drug-likeness (QED) is 0.730. The standard InChI is InChI=1S/C23H22BrN3/c24-19-11-12-20-26-21(22(27(20)15-19)17-5-2-1-3-6-17)16-7-9-18(10-8-16)23(25)13-4-14-23/h1-3,5-12,15,21-22H,4,13-14,25H2. The van der Waals surface area contributed by atoms with Crippen molar-refractivity contribution in [2.24, 2.45) is 10.7 Å². The van der Waals surface area contributed by atoms with Crippen molar-refractivity contribution in [1.29, 1.82) is 0 Å². The van der Waals surface area contributed by atoms with Gasteiger partial charge in [0.05, 0.1) is 6.04 Å². The highest BCUT2D eigenvalue weighted by Gasteiger charge is 2.38. The number of nitrogens with two attached hydrogens (primary N) is 1. The summed E-state index contributed by atoms with van der Waals surface area (Å²) >= 11 is 3.61. The molecule has 0 radical (unpaired) electrons. The third-order valence-corrected chi connectivity index (χ3v) is 6.47. The Morgan fingerprint density at radius 2 is 1.70 bits per heavy atom. The molecule has 0 saturated heterocycles. The van der Waals surface area contributed by atoms with E-state index >= 15 is 0 Å². The molecule has 0 bridgehead atoms. The first-order chi connectivity index (χ1) is 13.1. The van der Waals surface area contributed by atoms with Gasteiger partial charge in [0.15, 0.2) is 0 Å². The molecular formula is C23H22BrN3. The van der Waals surface area contributed by atoms with Crippen molar-refractivity contribution in [3.8, 4) is 0 Å². The van der Waals surface area contributed by atoms with Gasteiger partial charge in [-0.25, -0.2) is 0 Å². The van der Waals surface area contributed by atoms with Crippen LogP contribution in [-0.2, 0) is 5.54 Å². The second-order valence-electron chi connectivity index (χ2n) is 7.67. The molecule has 1 aliphatic carbocycles. The topological polar surface area (TPSA) is 41.6 Å². The van der Waals surface area contributed by atoms with Crippen molar-refractivity contribution in [3.63, 3.8) is 0 Å². The smallest absolute Gasteiger partial charge is 0.128 e. The van der Waals surface area contributed by atoms with E-state index in [1.807, 2.05) is 0 Å². The Labute approximate surface area is 168 Å². The molecule has 2 aromatic carbocycles. The van der Waals surface area contributed by atoms with Crippen LogP contribution >= 0.6 is 15.9 Å². The van der Waals surface area contributed by atoms with E-state index in [0.717, 1.165) is 23.2 Å². The Hall–Kier alpha value is -2.17. The predicted octanol–water partition coefficient (Wildman–Crippen LogP) is 5.33. The van der Waals surface area contributed by atoms with Gasteiger partial charge in [0, 0.05) is 16.2 Å². The lowest BCUT2D eigenvalue weighted by molar-refractivity contribution is 0.253. The lowest BCUT2D eigenvalue weighted by atomic mass is 9.72. The van der Waals surface area contributed by atoms with Gasteiger partial charge in [-0.2, -0.15) is 0 Å². The molecule has 27 heavy (non-hydrogen) atoms. The molecule has 2 unspecified atom stereocenters. The molecule has 3 aliphatic rings. The maximum absolute atomic E-state index is 6.50. The Kier molecular flexibility index (Phi) is 4.06. The van der Waals surface area contributed by atoms with Gasteiger partial charge >= 0.3 is 0 Å². The fraction of sp³-hybridized carbons (Fsp3) is 0.261. The van der Waals surface area contributed by atoms with Crippen molar-refractivity contribution in [3.05, 3.63) is 94.1 Å². The highest BCUT2D eigenvalue weighted by Crippen LogP contribution is 2.45. The number of rotatable bonds is 3. The van der Waals surface area contributed by atoms with Gasteiger partial charge < -0.3 is 10.6 Å². The normalized spacial score (nSPS) is 25.5. The molecule has 1 saturated carbocycles. The summed E-state index contributed by atoms with van der Waals surface area (Å²) in [6, 6.07) is 19.7. The third kappa shape index (κ3) is 2.88. The summed E-state index contributed by atoms with van der Waals surface area (Å²) in [5.74, 6) is 1.01. The molecule has 0 amide bonds. The summed E-state index contributed by atoms with van der Waals surface area (Å²) in [6.07, 6.45) is 9.67. The lowest BCUT2D eigenvalue weighted by Crippen LogP contribution is -2.43. The van der Waals surface area contributed by atoms with Crippen molar-refractivity contribution in [2.45, 2.75) is 36.9 Å². The molecule has 4 heteroatoms. The van der Waals surface area contributed by atoms with Crippen LogP contribution in [0.3, 0.4) is 0 Å². The summed E-state index contributed by atoms with van der Waals surface area (Å²) in [6.45, 7) is 0. The van der Waals surface area contributed by atoms with E-state index in [1.165, 1.54) is 23.1 Å². The summed E-state index contributed by atoms with van der Waals surface area (Å²) in [4.78, 5) is 7.33. The number of benzene rings is 2. The van der Waals surface area contributed by atoms with Gasteiger partial charge in [0.1, 0.15) is 11.9 Å². The first-order valence-corrected chi connectivity index (χ1v) is 10.3. The fourth-order valence-corrected chi connectivity index (χ4v) is 4.64. The molecule has 2 heterocycles. The van der Waals surface area contributed by atoms with E-state index in [2.05, 4.69) is 93.8 Å². The molecule has 2 aliphatic heterocycles. The minimum atomic E-state index is -0.118. The summed E-state index contributed by atoms with van der Waals surface area (Å²) in [7, 11) is 0. The van der Waals surface area contributed by atoms with E-state index in [-0.39, 0.29) is 17.6 Å². The number of allylic oxidation sites excluding steroid dienone is 2. The zero-order chi connectivity index (χ0) is 18.4. The average Bonchev–Trinajstić information content (AvgIpc) is 3.05. The molecule has 2 aromatic rings. The largest absolute Gasteiger partial charge is 0.322 e. The Bertz CT molecular complexity index is 939. The monoisotopic (exact) mass is 419 g/mol. The van der Waals surface area contributed by atoms with Crippen molar-refractivity contribution < 1.29 is 0 Å². The number of hydrogen-bond acceptors (Lipinski definition) is 3. The first kappa shape index (κ1) is 17.0. The van der Waals surface area contributed by atoms with Gasteiger partial charge in [-0.15, -0.1) is 0 Å². The molecule has 3 nitrogen and oxygen atoms in total. The second-order valence-corrected chi connectivity index (χ2v) is 8.59. The molecule has 2 N–H and O–H groups in total. The van der Waals surface area contributed by atoms with Gasteiger partial charge in [0.2, 0.25) is 0 Å². The molecule has 0 spiro atoms. The lowest BCUT2D eigenvalue weighted by Gasteiger charge is -2.38. The molecule has 0 aromatic heterocycles. The van der Waals surface area contributed by atoms with Gasteiger partial charge in [0.25, 0.3) is 0 Å². The molecular weight excluding hydrogens is 398 g/mol. The number of fused-ring (bicyclic) bond motifs is 1. The molecule has 136 valence electrons. The zero-order valence-electron chi connectivity index (χ0n) is 15.1. The van der Waals surface area contributed by atoms with Crippen LogP contribution in [0.25, 0.3) is 0 Å². The number of hydrogen-bond donors (Lipinski definition) is 1. The highest BCUT2D eigenvalue weighted by molar-refractivity contribution is 9.11. The van der Waals surface area contributed by atoms with E-state index in [4.69, 9.17) is 10.7 Å². The number of aliphatic imine (C=N–C) groups is 1. The predicted molar refractivity (Wildman–Crippen MR) is 114 cm³/mol. The van der Waals surface area contributed by atoms with Crippen molar-refractivity contribution >= 4 is 21.8 Å². The minimum absolute atomic E-state index is 0.0610. The molecule has 2 atom stereocenters. The summed E-state index contributed by atoms with van der Waals surface area (Å²) in [5, 5.41) is 0. The van der Waals surface area contributed by atoms with Crippen molar-refractivity contribution in [2.75, 3.05) is 0 Å². The average molecular weight is 420 g/mol. The third-order valence-electron chi connectivity index (χ3n) is 6.00. The number of halogens is 1. The van der Waals surface area contributed by atoms with Crippen LogP contribution in [0.5, 0.6) is 0 Å². The number of amidine groups is 1. The maximum Gasteiger partial charge on any atom is 0.128 e. The zero-order valence-corrected chi connectivity index (χ0v) is 16.6. The van der Waals surface area contributed by atoms with Crippen molar-refractivity contribution in [1.82, 2.24) is 4.90 Å². The van der Waals surface area contributed by atoms with Crippen LogP contribution in [-0.4, -0.2) is 10.7 Å². The summed E-state index contributed by atoms with van der Waals surface area (Å²) < 4.78 is 1.06. The van der Waals surface area contributed by atoms with Crippen LogP contribution in [0, 0.1) is 0 Å². The van der Waals surface area contributed by atoms with Gasteiger partial charge in [-0.3, -0.25) is 4.99 Å². The second kappa shape index (κ2) is 6.47. The highest BCUT2D eigenvalue weighted by atomic mass is 79.9. The first-order valence-electron chi connectivity index (χ1n) is 9.50. The van der Waals surface area contributed by atoms with E-state index < -0.39 is 0 Å². The van der Waals surface area contributed by atoms with Crippen LogP contribution < -0.4 is 5.73 Å². The maximum atomic E-state index is 6.50. The van der Waals surface area contributed by atoms with Gasteiger partial charge in [-0.1, -0.05) is 54.6 Å². The number of nitrogens with zero attached hydrogens (tertiary/aromatic N) is 2. The van der Waals surface area contributed by atoms with E-state index in [9.17, 15) is 0 Å². The van der Waals surface area contributed by atoms with E-state index in [1.54, 1.807) is 0 Å². The molecule has 5 rings (SSSR count). The van der Waals surface area contributed by atoms with Crippen LogP contribution in [0.1, 0.15) is 48.0 Å². The SMILES string of the molecule is NC1(c2ccc(C3N=C4C=CC(Br)=CN4C3c3ccccc3)cc2)CCC1. The fourth-order valence-electron chi connectivity index (χ4n) is 4.29.